The van der Waals surface area contributed by atoms with Crippen LogP contribution in [0, 0.1) is 0 Å². The van der Waals surface area contributed by atoms with E-state index in [1.54, 1.807) is 11.3 Å². The zero-order valence-electron chi connectivity index (χ0n) is 9.70. The molecule has 0 saturated heterocycles. The van der Waals surface area contributed by atoms with Gasteiger partial charge >= 0.3 is 0 Å². The molecule has 16 heavy (non-hydrogen) atoms. The number of halogens is 1. The maximum absolute atomic E-state index is 5.90. The van der Waals surface area contributed by atoms with Crippen LogP contribution in [0.5, 0.6) is 0 Å². The smallest absolute Gasteiger partial charge is 0.0351 e. The van der Waals surface area contributed by atoms with Crippen LogP contribution in [-0.4, -0.2) is 29.9 Å². The Morgan fingerprint density at radius 3 is 2.75 bits per heavy atom. The number of rotatable bonds is 6. The van der Waals surface area contributed by atoms with Crippen LogP contribution < -0.4 is 0 Å². The second-order valence-corrected chi connectivity index (χ2v) is 5.70. The van der Waals surface area contributed by atoms with Gasteiger partial charge in [-0.05, 0) is 41.7 Å². The van der Waals surface area contributed by atoms with Crippen molar-refractivity contribution in [3.05, 3.63) is 22.4 Å². The first-order valence-corrected chi connectivity index (χ1v) is 7.69. The highest BCUT2D eigenvalue weighted by atomic mass is 35.5. The lowest BCUT2D eigenvalue weighted by atomic mass is 10.1. The number of hydrogen-bond donors (Lipinski definition) is 0. The lowest BCUT2D eigenvalue weighted by Gasteiger charge is -2.27. The second-order valence-electron chi connectivity index (χ2n) is 4.54. The molecule has 1 aromatic rings. The van der Waals surface area contributed by atoms with Gasteiger partial charge in [0.25, 0.3) is 0 Å². The monoisotopic (exact) mass is 257 g/mol. The molecule has 0 N–H and O–H groups in total. The SMILES string of the molecule is ClCCN(CCc1ccsc1)C1CCCC1. The van der Waals surface area contributed by atoms with Gasteiger partial charge in [0.05, 0.1) is 0 Å². The zero-order chi connectivity index (χ0) is 11.2. The van der Waals surface area contributed by atoms with Crippen LogP contribution in [0.15, 0.2) is 16.8 Å². The Balaban J connectivity index is 1.82. The van der Waals surface area contributed by atoms with Gasteiger partial charge < -0.3 is 0 Å². The largest absolute Gasteiger partial charge is 0.299 e. The molecule has 1 aromatic heterocycles. The van der Waals surface area contributed by atoms with Crippen molar-refractivity contribution in [2.24, 2.45) is 0 Å². The molecule has 2 rings (SSSR count). The zero-order valence-corrected chi connectivity index (χ0v) is 11.3. The first-order chi connectivity index (χ1) is 7.90. The average molecular weight is 258 g/mol. The lowest BCUT2D eigenvalue weighted by Crippen LogP contribution is -2.36. The summed E-state index contributed by atoms with van der Waals surface area (Å²) in [6.07, 6.45) is 6.74. The van der Waals surface area contributed by atoms with E-state index in [2.05, 4.69) is 21.7 Å². The van der Waals surface area contributed by atoms with Crippen LogP contribution in [-0.2, 0) is 6.42 Å². The molecule has 0 aromatic carbocycles. The van der Waals surface area contributed by atoms with Gasteiger partial charge in [-0.1, -0.05) is 12.8 Å². The molecular weight excluding hydrogens is 238 g/mol. The minimum absolute atomic E-state index is 0.764. The molecule has 0 aliphatic heterocycles. The molecule has 0 spiro atoms. The first-order valence-electron chi connectivity index (χ1n) is 6.21. The highest BCUT2D eigenvalue weighted by Crippen LogP contribution is 2.23. The van der Waals surface area contributed by atoms with Gasteiger partial charge in [0.15, 0.2) is 0 Å². The van der Waals surface area contributed by atoms with Crippen molar-refractivity contribution >= 4 is 22.9 Å². The van der Waals surface area contributed by atoms with E-state index in [4.69, 9.17) is 11.6 Å². The topological polar surface area (TPSA) is 3.24 Å². The normalized spacial score (nSPS) is 17.4. The molecule has 3 heteroatoms. The molecule has 1 aliphatic rings. The molecule has 0 unspecified atom stereocenters. The predicted octanol–water partition coefficient (Wildman–Crippen LogP) is 3.77. The Kier molecular flexibility index (Phi) is 5.14. The fourth-order valence-corrected chi connectivity index (χ4v) is 3.48. The quantitative estimate of drug-likeness (QED) is 0.702. The first kappa shape index (κ1) is 12.4. The molecule has 1 heterocycles. The van der Waals surface area contributed by atoms with Gasteiger partial charge in [0.2, 0.25) is 0 Å². The van der Waals surface area contributed by atoms with E-state index < -0.39 is 0 Å². The van der Waals surface area contributed by atoms with Crippen LogP contribution in [0.3, 0.4) is 0 Å². The summed E-state index contributed by atoms with van der Waals surface area (Å²) in [6.45, 7) is 2.23. The van der Waals surface area contributed by atoms with E-state index >= 15 is 0 Å². The molecule has 0 amide bonds. The summed E-state index contributed by atoms with van der Waals surface area (Å²) in [5.74, 6) is 0.764. The Morgan fingerprint density at radius 2 is 2.12 bits per heavy atom. The maximum Gasteiger partial charge on any atom is 0.0351 e. The number of alkyl halides is 1. The fourth-order valence-electron chi connectivity index (χ4n) is 2.56. The van der Waals surface area contributed by atoms with Crippen LogP contribution >= 0.6 is 22.9 Å². The van der Waals surface area contributed by atoms with E-state index in [9.17, 15) is 0 Å². The fraction of sp³-hybridized carbons (Fsp3) is 0.692. The van der Waals surface area contributed by atoms with E-state index in [1.165, 1.54) is 44.2 Å². The highest BCUT2D eigenvalue weighted by Gasteiger charge is 2.21. The molecule has 1 nitrogen and oxygen atoms in total. The third-order valence-corrected chi connectivity index (χ3v) is 4.38. The van der Waals surface area contributed by atoms with Gasteiger partial charge in [-0.25, -0.2) is 0 Å². The minimum Gasteiger partial charge on any atom is -0.299 e. The molecule has 90 valence electrons. The molecule has 1 saturated carbocycles. The van der Waals surface area contributed by atoms with Crippen molar-refractivity contribution in [2.75, 3.05) is 19.0 Å². The van der Waals surface area contributed by atoms with Crippen LogP contribution in [0.4, 0.5) is 0 Å². The van der Waals surface area contributed by atoms with Gasteiger partial charge in [-0.3, -0.25) is 4.90 Å². The second kappa shape index (κ2) is 6.63. The van der Waals surface area contributed by atoms with E-state index in [0.717, 1.165) is 18.5 Å². The molecular formula is C13H20ClNS. The average Bonchev–Trinajstić information content (AvgIpc) is 2.96. The Morgan fingerprint density at radius 1 is 1.31 bits per heavy atom. The third kappa shape index (κ3) is 3.47. The molecule has 0 radical (unpaired) electrons. The van der Waals surface area contributed by atoms with Crippen molar-refractivity contribution in [1.82, 2.24) is 4.90 Å². The van der Waals surface area contributed by atoms with Crippen molar-refractivity contribution in [1.29, 1.82) is 0 Å². The summed E-state index contributed by atoms with van der Waals surface area (Å²) >= 11 is 7.69. The van der Waals surface area contributed by atoms with Crippen molar-refractivity contribution < 1.29 is 0 Å². The van der Waals surface area contributed by atoms with Gasteiger partial charge in [-0.2, -0.15) is 11.3 Å². The van der Waals surface area contributed by atoms with Crippen molar-refractivity contribution in [2.45, 2.75) is 38.1 Å². The van der Waals surface area contributed by atoms with Gasteiger partial charge in [0, 0.05) is 25.0 Å². The summed E-state index contributed by atoms with van der Waals surface area (Å²) in [7, 11) is 0. The van der Waals surface area contributed by atoms with Crippen molar-refractivity contribution in [3.8, 4) is 0 Å². The minimum atomic E-state index is 0.764. The van der Waals surface area contributed by atoms with Crippen LogP contribution in [0.1, 0.15) is 31.2 Å². The predicted molar refractivity (Wildman–Crippen MR) is 72.6 cm³/mol. The van der Waals surface area contributed by atoms with Gasteiger partial charge in [0.1, 0.15) is 0 Å². The van der Waals surface area contributed by atoms with Crippen LogP contribution in [0.25, 0.3) is 0 Å². The molecule has 1 fully saturated rings. The standard InChI is InChI=1S/C13H20ClNS/c14-7-9-15(13-3-1-2-4-13)8-5-12-6-10-16-11-12/h6,10-11,13H,1-5,7-9H2. The maximum atomic E-state index is 5.90. The molecule has 0 bridgehead atoms. The van der Waals surface area contributed by atoms with E-state index in [-0.39, 0.29) is 0 Å². The summed E-state index contributed by atoms with van der Waals surface area (Å²) in [6, 6.07) is 3.04. The Hall–Kier alpha value is -0.0500. The molecule has 1 aliphatic carbocycles. The van der Waals surface area contributed by atoms with E-state index in [1.807, 2.05) is 0 Å². The van der Waals surface area contributed by atoms with Crippen LogP contribution in [0.2, 0.25) is 0 Å². The lowest BCUT2D eigenvalue weighted by molar-refractivity contribution is 0.213. The summed E-state index contributed by atoms with van der Waals surface area (Å²) in [5, 5.41) is 4.42. The Bertz CT molecular complexity index is 280. The van der Waals surface area contributed by atoms with Gasteiger partial charge in [-0.15, -0.1) is 11.6 Å². The number of thiophene rings is 1. The highest BCUT2D eigenvalue weighted by molar-refractivity contribution is 7.07. The van der Waals surface area contributed by atoms with E-state index in [0.29, 0.717) is 0 Å². The number of nitrogens with zero attached hydrogens (tertiary/aromatic N) is 1. The molecule has 0 atom stereocenters. The summed E-state index contributed by atoms with van der Waals surface area (Å²) in [4.78, 5) is 2.59. The summed E-state index contributed by atoms with van der Waals surface area (Å²) < 4.78 is 0. The Labute approximate surface area is 107 Å². The third-order valence-electron chi connectivity index (χ3n) is 3.48. The van der Waals surface area contributed by atoms with Crippen molar-refractivity contribution in [3.63, 3.8) is 0 Å². The summed E-state index contributed by atoms with van der Waals surface area (Å²) in [5.41, 5.74) is 1.47. The number of hydrogen-bond acceptors (Lipinski definition) is 2.